The Hall–Kier alpha value is -1.68. The van der Waals surface area contributed by atoms with Gasteiger partial charge in [0.2, 0.25) is 21.8 Å². The Kier molecular flexibility index (Phi) is 10.4. The highest BCUT2D eigenvalue weighted by Gasteiger charge is 2.17. The predicted molar refractivity (Wildman–Crippen MR) is 111 cm³/mol. The van der Waals surface area contributed by atoms with Crippen molar-refractivity contribution in [3.8, 4) is 0 Å². The molecule has 1 fully saturated rings. The van der Waals surface area contributed by atoms with Crippen molar-refractivity contribution in [2.24, 2.45) is 11.7 Å². The van der Waals surface area contributed by atoms with Gasteiger partial charge in [0.15, 0.2) is 0 Å². The fourth-order valence-corrected chi connectivity index (χ4v) is 4.22. The molecule has 1 aromatic rings. The molecule has 1 saturated carbocycles. The van der Waals surface area contributed by atoms with Crippen molar-refractivity contribution in [2.75, 3.05) is 25.0 Å². The lowest BCUT2D eigenvalue weighted by Crippen LogP contribution is -2.33. The Bertz CT molecular complexity index is 752. The van der Waals surface area contributed by atoms with E-state index in [4.69, 9.17) is 5.73 Å². The first-order chi connectivity index (χ1) is 12.9. The number of hydrogen-bond acceptors (Lipinski definition) is 5. The molecule has 28 heavy (non-hydrogen) atoms. The fraction of sp³-hybridized carbons (Fsp3) is 0.556. The van der Waals surface area contributed by atoms with E-state index in [0.29, 0.717) is 18.0 Å². The van der Waals surface area contributed by atoms with Crippen LogP contribution in [0.4, 0.5) is 5.69 Å². The van der Waals surface area contributed by atoms with E-state index in [-0.39, 0.29) is 42.8 Å². The summed E-state index contributed by atoms with van der Waals surface area (Å²) in [6, 6.07) is 5.91. The molecule has 0 unspecified atom stereocenters. The molecule has 0 radical (unpaired) electrons. The van der Waals surface area contributed by atoms with Crippen molar-refractivity contribution in [1.82, 2.24) is 10.0 Å². The maximum Gasteiger partial charge on any atom is 0.243 e. The van der Waals surface area contributed by atoms with Crippen LogP contribution in [0.15, 0.2) is 29.2 Å². The van der Waals surface area contributed by atoms with E-state index in [9.17, 15) is 18.0 Å². The summed E-state index contributed by atoms with van der Waals surface area (Å²) in [7, 11) is -3.67. The molecule has 0 bridgehead atoms. The van der Waals surface area contributed by atoms with Crippen molar-refractivity contribution >= 4 is 39.9 Å². The topological polar surface area (TPSA) is 130 Å². The van der Waals surface area contributed by atoms with Crippen LogP contribution in [0.25, 0.3) is 0 Å². The second-order valence-electron chi connectivity index (χ2n) is 6.73. The summed E-state index contributed by atoms with van der Waals surface area (Å²) in [4.78, 5) is 23.9. The Balaban J connectivity index is 0.00000392. The molecule has 10 heteroatoms. The van der Waals surface area contributed by atoms with E-state index >= 15 is 0 Å². The highest BCUT2D eigenvalue weighted by Crippen LogP contribution is 2.28. The minimum Gasteiger partial charge on any atom is -0.347 e. The molecule has 5 N–H and O–H groups in total. The third kappa shape index (κ3) is 8.14. The monoisotopic (exact) mass is 432 g/mol. The largest absolute Gasteiger partial charge is 0.347 e. The summed E-state index contributed by atoms with van der Waals surface area (Å²) in [5.74, 6) is 0.0789. The second-order valence-corrected chi connectivity index (χ2v) is 8.50. The van der Waals surface area contributed by atoms with Crippen LogP contribution in [0.2, 0.25) is 0 Å². The molecule has 1 aliphatic carbocycles. The van der Waals surface area contributed by atoms with Crippen molar-refractivity contribution in [3.63, 3.8) is 0 Å². The molecule has 2 amide bonds. The van der Waals surface area contributed by atoms with Gasteiger partial charge in [0.05, 0.1) is 11.4 Å². The minimum absolute atomic E-state index is 0. The van der Waals surface area contributed by atoms with Gasteiger partial charge in [-0.1, -0.05) is 31.7 Å². The van der Waals surface area contributed by atoms with Gasteiger partial charge in [0.1, 0.15) is 0 Å². The number of halogens is 1. The quantitative estimate of drug-likeness (QED) is 0.443. The third-order valence-corrected chi connectivity index (χ3v) is 6.02. The number of rotatable bonds is 10. The lowest BCUT2D eigenvalue weighted by atomic mass is 10.0. The Morgan fingerprint density at radius 2 is 1.86 bits per heavy atom. The highest BCUT2D eigenvalue weighted by atomic mass is 35.5. The SMILES string of the molecule is Cl.NCCNS(=O)(=O)c1cccc(NC(=O)CNC(=O)CCC2CCCC2)c1. The van der Waals surface area contributed by atoms with Gasteiger partial charge in [0, 0.05) is 25.2 Å². The number of benzene rings is 1. The number of carbonyl (C=O) groups is 2. The molecule has 0 aromatic heterocycles. The van der Waals surface area contributed by atoms with Gasteiger partial charge in [-0.2, -0.15) is 0 Å². The van der Waals surface area contributed by atoms with Crippen LogP contribution < -0.4 is 21.1 Å². The highest BCUT2D eigenvalue weighted by molar-refractivity contribution is 7.89. The zero-order valence-electron chi connectivity index (χ0n) is 15.8. The molecular weight excluding hydrogens is 404 g/mol. The van der Waals surface area contributed by atoms with E-state index in [1.165, 1.54) is 43.9 Å². The van der Waals surface area contributed by atoms with E-state index in [2.05, 4.69) is 15.4 Å². The lowest BCUT2D eigenvalue weighted by Gasteiger charge is -2.10. The zero-order chi connectivity index (χ0) is 19.7. The fourth-order valence-electron chi connectivity index (χ4n) is 3.12. The number of nitrogens with one attached hydrogen (secondary N) is 3. The smallest absolute Gasteiger partial charge is 0.243 e. The summed E-state index contributed by atoms with van der Waals surface area (Å²) in [6.07, 6.45) is 6.15. The summed E-state index contributed by atoms with van der Waals surface area (Å²) >= 11 is 0. The average molecular weight is 433 g/mol. The van der Waals surface area contributed by atoms with E-state index in [0.717, 1.165) is 6.42 Å². The molecule has 0 saturated heterocycles. The second kappa shape index (κ2) is 12.0. The van der Waals surface area contributed by atoms with Crippen molar-refractivity contribution in [2.45, 2.75) is 43.4 Å². The average Bonchev–Trinajstić information content (AvgIpc) is 3.17. The normalized spacial score (nSPS) is 14.3. The van der Waals surface area contributed by atoms with E-state index in [1.54, 1.807) is 6.07 Å². The van der Waals surface area contributed by atoms with Crippen LogP contribution in [0.3, 0.4) is 0 Å². The lowest BCUT2D eigenvalue weighted by molar-refractivity contribution is -0.124. The van der Waals surface area contributed by atoms with Crippen molar-refractivity contribution in [3.05, 3.63) is 24.3 Å². The Morgan fingerprint density at radius 1 is 1.14 bits per heavy atom. The standard InChI is InChI=1S/C18H28N4O4S.ClH/c19-10-11-21-27(25,26)16-7-3-6-15(12-16)22-18(24)13-20-17(23)9-8-14-4-1-2-5-14;/h3,6-7,12,14,21H,1-2,4-5,8-11,13,19H2,(H,20,23)(H,22,24);1H. The van der Waals surface area contributed by atoms with Gasteiger partial charge >= 0.3 is 0 Å². The van der Waals surface area contributed by atoms with Crippen LogP contribution in [-0.2, 0) is 19.6 Å². The summed E-state index contributed by atoms with van der Waals surface area (Å²) in [5.41, 5.74) is 5.65. The van der Waals surface area contributed by atoms with Crippen LogP contribution in [0, 0.1) is 5.92 Å². The molecule has 158 valence electrons. The number of hydrogen-bond donors (Lipinski definition) is 4. The van der Waals surface area contributed by atoms with Gasteiger partial charge in [0.25, 0.3) is 0 Å². The molecule has 0 atom stereocenters. The van der Waals surface area contributed by atoms with Crippen LogP contribution >= 0.6 is 12.4 Å². The molecule has 8 nitrogen and oxygen atoms in total. The molecule has 1 aromatic carbocycles. The number of anilines is 1. The van der Waals surface area contributed by atoms with Gasteiger partial charge in [-0.15, -0.1) is 12.4 Å². The van der Waals surface area contributed by atoms with Crippen molar-refractivity contribution in [1.29, 1.82) is 0 Å². The third-order valence-electron chi connectivity index (χ3n) is 4.57. The predicted octanol–water partition coefficient (Wildman–Crippen LogP) is 1.37. The van der Waals surface area contributed by atoms with Gasteiger partial charge in [-0.3, -0.25) is 9.59 Å². The molecule has 0 spiro atoms. The maximum absolute atomic E-state index is 12.1. The molecule has 2 rings (SSSR count). The van der Waals surface area contributed by atoms with Gasteiger partial charge < -0.3 is 16.4 Å². The molecule has 0 heterocycles. The Labute approximate surface area is 172 Å². The van der Waals surface area contributed by atoms with Crippen LogP contribution in [-0.4, -0.2) is 39.9 Å². The van der Waals surface area contributed by atoms with E-state index in [1.807, 2.05) is 0 Å². The molecular formula is C18H29ClN4O4S. The number of sulfonamides is 1. The first kappa shape index (κ1) is 24.4. The number of nitrogens with two attached hydrogens (primary N) is 1. The molecule has 0 aliphatic heterocycles. The Morgan fingerprint density at radius 3 is 2.54 bits per heavy atom. The summed E-state index contributed by atoms with van der Waals surface area (Å²) < 4.78 is 26.5. The number of amides is 2. The minimum atomic E-state index is -3.67. The summed E-state index contributed by atoms with van der Waals surface area (Å²) in [6.45, 7) is 0.174. The first-order valence-corrected chi connectivity index (χ1v) is 10.8. The van der Waals surface area contributed by atoms with E-state index < -0.39 is 15.9 Å². The molecule has 1 aliphatic rings. The zero-order valence-corrected chi connectivity index (χ0v) is 17.4. The van der Waals surface area contributed by atoms with Crippen molar-refractivity contribution < 1.29 is 18.0 Å². The summed E-state index contributed by atoms with van der Waals surface area (Å²) in [5, 5.41) is 5.20. The number of carbonyl (C=O) groups excluding carboxylic acids is 2. The van der Waals surface area contributed by atoms with Crippen LogP contribution in [0.1, 0.15) is 38.5 Å². The van der Waals surface area contributed by atoms with Crippen LogP contribution in [0.5, 0.6) is 0 Å². The maximum atomic E-state index is 12.1. The van der Waals surface area contributed by atoms with Gasteiger partial charge in [-0.05, 0) is 30.5 Å². The van der Waals surface area contributed by atoms with Gasteiger partial charge in [-0.25, -0.2) is 13.1 Å². The first-order valence-electron chi connectivity index (χ1n) is 9.27.